The van der Waals surface area contributed by atoms with Crippen LogP contribution in [-0.4, -0.2) is 77.3 Å². The lowest BCUT2D eigenvalue weighted by atomic mass is 9.81. The SMILES string of the molecule is CN1CCc2nc(C(=O)N[C@@H]3C[C@@H](C(=O)N(C)C)CC[C@@H]3NC(=O)c3[nH]c4ccc(Cl)cc4c3F)sc2C1.Cl. The predicted molar refractivity (Wildman–Crippen MR) is 151 cm³/mol. The Balaban J connectivity index is 0.00000353. The Kier molecular flexibility index (Phi) is 8.85. The highest BCUT2D eigenvalue weighted by Gasteiger charge is 2.37. The summed E-state index contributed by atoms with van der Waals surface area (Å²) in [6.45, 7) is 1.64. The Morgan fingerprint density at radius 3 is 2.67 bits per heavy atom. The van der Waals surface area contributed by atoms with Crippen LogP contribution >= 0.6 is 35.3 Å². The maximum absolute atomic E-state index is 15.1. The van der Waals surface area contributed by atoms with Gasteiger partial charge >= 0.3 is 0 Å². The van der Waals surface area contributed by atoms with Gasteiger partial charge in [0, 0.05) is 66.4 Å². The second-order valence-corrected chi connectivity index (χ2v) is 11.8. The Labute approximate surface area is 240 Å². The summed E-state index contributed by atoms with van der Waals surface area (Å²) in [5.74, 6) is -1.96. The number of aromatic nitrogens is 2. The summed E-state index contributed by atoms with van der Waals surface area (Å²) in [5, 5.41) is 6.88. The number of hydrogen-bond donors (Lipinski definition) is 3. The Bertz CT molecular complexity index is 1410. The molecule has 2 aromatic heterocycles. The van der Waals surface area contributed by atoms with Gasteiger partial charge in [-0.05, 0) is 44.5 Å². The highest BCUT2D eigenvalue weighted by Crippen LogP contribution is 2.29. The van der Waals surface area contributed by atoms with Crippen LogP contribution in [0.15, 0.2) is 18.2 Å². The molecule has 3 N–H and O–H groups in total. The lowest BCUT2D eigenvalue weighted by molar-refractivity contribution is -0.134. The highest BCUT2D eigenvalue weighted by atomic mass is 35.5. The van der Waals surface area contributed by atoms with Crippen molar-refractivity contribution in [2.24, 2.45) is 5.92 Å². The number of carbonyl (C=O) groups excluding carboxylic acids is 3. The average Bonchev–Trinajstić information content (AvgIpc) is 3.45. The Hall–Kier alpha value is -2.73. The molecule has 1 aliphatic heterocycles. The van der Waals surface area contributed by atoms with E-state index in [-0.39, 0.29) is 41.2 Å². The molecule has 1 fully saturated rings. The minimum atomic E-state index is -0.685. The predicted octanol–water partition coefficient (Wildman–Crippen LogP) is 3.61. The zero-order valence-electron chi connectivity index (χ0n) is 21.8. The van der Waals surface area contributed by atoms with Gasteiger partial charge in [-0.3, -0.25) is 14.4 Å². The number of hydrogen-bond acceptors (Lipinski definition) is 6. The molecule has 0 unspecified atom stereocenters. The summed E-state index contributed by atoms with van der Waals surface area (Å²) >= 11 is 7.37. The van der Waals surface area contributed by atoms with E-state index >= 15 is 4.39 Å². The maximum atomic E-state index is 15.1. The Morgan fingerprint density at radius 2 is 1.92 bits per heavy atom. The first kappa shape index (κ1) is 29.3. The van der Waals surface area contributed by atoms with E-state index in [1.807, 2.05) is 7.05 Å². The van der Waals surface area contributed by atoms with Gasteiger partial charge in [0.1, 0.15) is 5.69 Å². The minimum Gasteiger partial charge on any atom is -0.349 e. The largest absolute Gasteiger partial charge is 0.349 e. The fourth-order valence-electron chi connectivity index (χ4n) is 5.27. The number of carbonyl (C=O) groups is 3. The molecule has 210 valence electrons. The van der Waals surface area contributed by atoms with Gasteiger partial charge in [0.15, 0.2) is 10.8 Å². The summed E-state index contributed by atoms with van der Waals surface area (Å²) in [6.07, 6.45) is 2.13. The number of H-pyrrole nitrogens is 1. The second-order valence-electron chi connectivity index (χ2n) is 10.3. The Morgan fingerprint density at radius 1 is 1.18 bits per heavy atom. The first-order valence-corrected chi connectivity index (χ1v) is 13.8. The molecule has 13 heteroatoms. The third-order valence-electron chi connectivity index (χ3n) is 7.31. The third-order valence-corrected chi connectivity index (χ3v) is 8.63. The first-order valence-electron chi connectivity index (χ1n) is 12.6. The van der Waals surface area contributed by atoms with E-state index in [4.69, 9.17) is 11.6 Å². The van der Waals surface area contributed by atoms with Gasteiger partial charge in [-0.1, -0.05) is 11.6 Å². The summed E-state index contributed by atoms with van der Waals surface area (Å²) < 4.78 is 15.1. The van der Waals surface area contributed by atoms with E-state index in [1.54, 1.807) is 31.1 Å². The molecule has 0 spiro atoms. The number of amides is 3. The normalized spacial score (nSPS) is 21.1. The van der Waals surface area contributed by atoms with Gasteiger partial charge in [0.05, 0.1) is 11.7 Å². The molecule has 0 radical (unpaired) electrons. The number of thiazole rings is 1. The summed E-state index contributed by atoms with van der Waals surface area (Å²) in [5.41, 5.74) is 1.21. The summed E-state index contributed by atoms with van der Waals surface area (Å²) in [6, 6.07) is 3.67. The molecular formula is C26H31Cl2FN6O3S. The van der Waals surface area contributed by atoms with E-state index < -0.39 is 23.8 Å². The van der Waals surface area contributed by atoms with E-state index in [0.717, 1.165) is 30.1 Å². The fourth-order valence-corrected chi connectivity index (χ4v) is 6.53. The molecule has 39 heavy (non-hydrogen) atoms. The minimum absolute atomic E-state index is 0. The van der Waals surface area contributed by atoms with E-state index in [9.17, 15) is 14.4 Å². The fraction of sp³-hybridized carbons (Fsp3) is 0.462. The van der Waals surface area contributed by atoms with E-state index in [0.29, 0.717) is 34.8 Å². The molecule has 2 aliphatic rings. The van der Waals surface area contributed by atoms with Crippen LogP contribution in [0.2, 0.25) is 5.02 Å². The number of benzene rings is 1. The van der Waals surface area contributed by atoms with E-state index in [2.05, 4.69) is 25.5 Å². The molecule has 0 saturated heterocycles. The zero-order valence-corrected chi connectivity index (χ0v) is 24.2. The van der Waals surface area contributed by atoms with Gasteiger partial charge in [0.2, 0.25) is 5.91 Å². The molecule has 3 aromatic rings. The van der Waals surface area contributed by atoms with Crippen molar-refractivity contribution < 1.29 is 18.8 Å². The second kappa shape index (κ2) is 11.8. The zero-order chi connectivity index (χ0) is 27.1. The van der Waals surface area contributed by atoms with Gasteiger partial charge in [-0.2, -0.15) is 0 Å². The van der Waals surface area contributed by atoms with Gasteiger partial charge < -0.3 is 25.4 Å². The molecule has 3 amide bonds. The van der Waals surface area contributed by atoms with Gasteiger partial charge in [-0.25, -0.2) is 9.37 Å². The van der Waals surface area contributed by atoms with Crippen LogP contribution in [0.4, 0.5) is 4.39 Å². The summed E-state index contributed by atoms with van der Waals surface area (Å²) in [7, 11) is 5.43. The van der Waals surface area contributed by atoms with Crippen molar-refractivity contribution in [3.05, 3.63) is 50.3 Å². The lowest BCUT2D eigenvalue weighted by Crippen LogP contribution is -2.56. The molecule has 1 saturated carbocycles. The van der Waals surface area contributed by atoms with Crippen LogP contribution < -0.4 is 10.6 Å². The van der Waals surface area contributed by atoms with Crippen molar-refractivity contribution in [2.45, 2.75) is 44.3 Å². The number of fused-ring (bicyclic) bond motifs is 2. The van der Waals surface area contributed by atoms with Gasteiger partial charge in [0.25, 0.3) is 11.8 Å². The number of aromatic amines is 1. The van der Waals surface area contributed by atoms with Crippen molar-refractivity contribution in [1.82, 2.24) is 30.4 Å². The maximum Gasteiger partial charge on any atom is 0.280 e. The van der Waals surface area contributed by atoms with E-state index in [1.165, 1.54) is 17.4 Å². The molecule has 9 nitrogen and oxygen atoms in total. The molecule has 1 aromatic carbocycles. The standard InChI is InChI=1S/C26H30ClFN6O3S.ClH/c1-33(2)26(37)13-4-6-17(30-23(35)22-21(28)15-11-14(27)5-7-16(15)29-22)19(10-13)31-24(36)25-32-18-8-9-34(3)12-20(18)38-25;/h5,7,11,13,17,19,29H,4,6,8-10,12H2,1-3H3,(H,30,35)(H,31,36);1H/t13-,17-,19+;/m0./s1. The quantitative estimate of drug-likeness (QED) is 0.417. The van der Waals surface area contributed by atoms with Crippen LogP contribution in [-0.2, 0) is 17.8 Å². The molecular weight excluding hydrogens is 566 g/mol. The summed E-state index contributed by atoms with van der Waals surface area (Å²) in [4.78, 5) is 51.3. The molecule has 3 atom stereocenters. The van der Waals surface area contributed by atoms with Crippen molar-refractivity contribution >= 4 is 64.0 Å². The van der Waals surface area contributed by atoms with Crippen molar-refractivity contribution in [1.29, 1.82) is 0 Å². The van der Waals surface area contributed by atoms with Gasteiger partial charge in [-0.15, -0.1) is 23.7 Å². The molecule has 0 bridgehead atoms. The topological polar surface area (TPSA) is 110 Å². The molecule has 3 heterocycles. The van der Waals surface area contributed by atoms with Crippen LogP contribution in [0.5, 0.6) is 0 Å². The average molecular weight is 598 g/mol. The van der Waals surface area contributed by atoms with Crippen LogP contribution in [0.3, 0.4) is 0 Å². The smallest absolute Gasteiger partial charge is 0.280 e. The lowest BCUT2D eigenvalue weighted by Gasteiger charge is -2.37. The molecule has 5 rings (SSSR count). The number of rotatable bonds is 5. The monoisotopic (exact) mass is 596 g/mol. The third kappa shape index (κ3) is 6.06. The number of nitrogens with one attached hydrogen (secondary N) is 3. The van der Waals surface area contributed by atoms with Crippen LogP contribution in [0.25, 0.3) is 10.9 Å². The highest BCUT2D eigenvalue weighted by molar-refractivity contribution is 7.13. The molecule has 1 aliphatic carbocycles. The number of halogens is 3. The van der Waals surface area contributed by atoms with Crippen molar-refractivity contribution in [3.8, 4) is 0 Å². The van der Waals surface area contributed by atoms with Crippen LogP contribution in [0.1, 0.15) is 50.1 Å². The first-order chi connectivity index (χ1) is 18.1. The van der Waals surface area contributed by atoms with Crippen molar-refractivity contribution in [3.63, 3.8) is 0 Å². The van der Waals surface area contributed by atoms with Crippen LogP contribution in [0, 0.1) is 11.7 Å². The number of nitrogens with zero attached hydrogens (tertiary/aromatic N) is 3. The number of likely N-dealkylation sites (N-methyl/N-ethyl adjacent to an activating group) is 1. The van der Waals surface area contributed by atoms with Crippen molar-refractivity contribution in [2.75, 3.05) is 27.7 Å².